The molecule has 1 unspecified atom stereocenters. The molecule has 1 aliphatic heterocycles. The summed E-state index contributed by atoms with van der Waals surface area (Å²) in [6.45, 7) is 0.500. The lowest BCUT2D eigenvalue weighted by Crippen LogP contribution is -2.38. The fourth-order valence-corrected chi connectivity index (χ4v) is 2.87. The number of hydrogen-bond acceptors (Lipinski definition) is 3. The zero-order chi connectivity index (χ0) is 11.5. The predicted octanol–water partition coefficient (Wildman–Crippen LogP) is 1.52. The van der Waals surface area contributed by atoms with Gasteiger partial charge in [-0.1, -0.05) is 0 Å². The van der Waals surface area contributed by atoms with Crippen LogP contribution in [0.4, 0.5) is 0 Å². The molecule has 16 heavy (non-hydrogen) atoms. The Hall–Kier alpha value is -0.880. The first-order valence-corrected chi connectivity index (χ1v) is 6.59. The molecular weight excluding hydrogens is 292 g/mol. The molecule has 6 heteroatoms. The number of rotatable bonds is 3. The van der Waals surface area contributed by atoms with E-state index in [4.69, 9.17) is 0 Å². The molecule has 4 nitrogen and oxygen atoms in total. The molecule has 0 spiro atoms. The van der Waals surface area contributed by atoms with Crippen LogP contribution in [0.2, 0.25) is 0 Å². The second-order valence-electron chi connectivity index (χ2n) is 3.62. The number of amides is 2. The summed E-state index contributed by atoms with van der Waals surface area (Å²) >= 11 is 4.70. The van der Waals surface area contributed by atoms with Gasteiger partial charge in [0, 0.05) is 19.0 Å². The average molecular weight is 303 g/mol. The maximum absolute atomic E-state index is 11.7. The second kappa shape index (κ2) is 4.97. The number of carbonyl (C=O) groups is 2. The summed E-state index contributed by atoms with van der Waals surface area (Å²) in [6, 6.07) is 3.70. The zero-order valence-electron chi connectivity index (χ0n) is 8.46. The molecule has 2 amide bonds. The van der Waals surface area contributed by atoms with Crippen LogP contribution in [0.5, 0.6) is 0 Å². The summed E-state index contributed by atoms with van der Waals surface area (Å²) in [5.74, 6) is -0.0185. The van der Waals surface area contributed by atoms with E-state index in [2.05, 4.69) is 26.6 Å². The highest BCUT2D eigenvalue weighted by molar-refractivity contribution is 9.11. The number of carbonyl (C=O) groups excluding carboxylic acids is 2. The Bertz CT molecular complexity index is 419. The van der Waals surface area contributed by atoms with E-state index in [9.17, 15) is 9.59 Å². The molecular formula is C10H11BrN2O2S. The predicted molar refractivity (Wildman–Crippen MR) is 65.5 cm³/mol. The van der Waals surface area contributed by atoms with E-state index in [0.29, 0.717) is 17.8 Å². The van der Waals surface area contributed by atoms with Gasteiger partial charge in [-0.2, -0.15) is 0 Å². The van der Waals surface area contributed by atoms with Crippen LogP contribution in [0, 0.1) is 0 Å². The molecule has 0 aromatic carbocycles. The van der Waals surface area contributed by atoms with E-state index >= 15 is 0 Å². The second-order valence-corrected chi connectivity index (χ2v) is 6.08. The van der Waals surface area contributed by atoms with Crippen molar-refractivity contribution in [1.82, 2.24) is 10.6 Å². The number of halogens is 1. The molecule has 1 saturated heterocycles. The van der Waals surface area contributed by atoms with Crippen molar-refractivity contribution in [2.45, 2.75) is 18.9 Å². The van der Waals surface area contributed by atoms with Crippen molar-refractivity contribution >= 4 is 39.1 Å². The Morgan fingerprint density at radius 2 is 2.44 bits per heavy atom. The van der Waals surface area contributed by atoms with E-state index in [1.165, 1.54) is 11.3 Å². The smallest absolute Gasteiger partial charge is 0.261 e. The lowest BCUT2D eigenvalue weighted by atomic mass is 10.2. The highest BCUT2D eigenvalue weighted by Crippen LogP contribution is 2.21. The Balaban J connectivity index is 1.82. The number of thiophene rings is 1. The first kappa shape index (κ1) is 11.6. The average Bonchev–Trinajstić information content (AvgIpc) is 2.84. The molecule has 1 aromatic heterocycles. The first-order chi connectivity index (χ1) is 7.65. The standard InChI is InChI=1S/C10H11BrN2O2S/c11-8-3-2-7(16-8)10(15)12-5-6-1-4-9(14)13-6/h2-3,6H,1,4-5H2,(H,12,15)(H,13,14). The van der Waals surface area contributed by atoms with Crippen LogP contribution in [0.25, 0.3) is 0 Å². The Kier molecular flexibility index (Phi) is 3.60. The van der Waals surface area contributed by atoms with E-state index < -0.39 is 0 Å². The molecule has 1 aromatic rings. The summed E-state index contributed by atoms with van der Waals surface area (Å²) in [5, 5.41) is 5.62. The zero-order valence-corrected chi connectivity index (χ0v) is 10.9. The highest BCUT2D eigenvalue weighted by atomic mass is 79.9. The lowest BCUT2D eigenvalue weighted by molar-refractivity contribution is -0.119. The minimum Gasteiger partial charge on any atom is -0.352 e. The minimum atomic E-state index is -0.0863. The Morgan fingerprint density at radius 1 is 1.62 bits per heavy atom. The summed E-state index contributed by atoms with van der Waals surface area (Å²) in [5.41, 5.74) is 0. The number of nitrogens with one attached hydrogen (secondary N) is 2. The molecule has 0 radical (unpaired) electrons. The third-order valence-corrected chi connectivity index (χ3v) is 4.01. The number of hydrogen-bond donors (Lipinski definition) is 2. The van der Waals surface area contributed by atoms with Gasteiger partial charge in [0.25, 0.3) is 5.91 Å². The fraction of sp³-hybridized carbons (Fsp3) is 0.400. The minimum absolute atomic E-state index is 0.0677. The Labute approximate surface area is 106 Å². The van der Waals surface area contributed by atoms with E-state index in [0.717, 1.165) is 10.2 Å². The third kappa shape index (κ3) is 2.82. The van der Waals surface area contributed by atoms with Gasteiger partial charge in [-0.25, -0.2) is 0 Å². The highest BCUT2D eigenvalue weighted by Gasteiger charge is 2.21. The van der Waals surface area contributed by atoms with E-state index in [1.54, 1.807) is 6.07 Å². The summed E-state index contributed by atoms with van der Waals surface area (Å²) < 4.78 is 0.937. The van der Waals surface area contributed by atoms with Crippen molar-refractivity contribution in [2.75, 3.05) is 6.54 Å². The van der Waals surface area contributed by atoms with Gasteiger partial charge in [0.2, 0.25) is 5.91 Å². The van der Waals surface area contributed by atoms with Crippen LogP contribution in [-0.4, -0.2) is 24.4 Å². The molecule has 2 rings (SSSR count). The van der Waals surface area contributed by atoms with Crippen molar-refractivity contribution in [3.8, 4) is 0 Å². The van der Waals surface area contributed by atoms with Gasteiger partial charge in [-0.05, 0) is 34.5 Å². The third-order valence-electron chi connectivity index (χ3n) is 2.39. The maximum Gasteiger partial charge on any atom is 0.261 e. The van der Waals surface area contributed by atoms with Gasteiger partial charge in [-0.15, -0.1) is 11.3 Å². The fourth-order valence-electron chi connectivity index (χ4n) is 1.57. The van der Waals surface area contributed by atoms with Crippen molar-refractivity contribution in [1.29, 1.82) is 0 Å². The van der Waals surface area contributed by atoms with E-state index in [-0.39, 0.29) is 17.9 Å². The topological polar surface area (TPSA) is 58.2 Å². The van der Waals surface area contributed by atoms with Gasteiger partial charge in [0.1, 0.15) is 0 Å². The van der Waals surface area contributed by atoms with Crippen LogP contribution in [0.15, 0.2) is 15.9 Å². The maximum atomic E-state index is 11.7. The normalized spacial score (nSPS) is 19.6. The molecule has 0 saturated carbocycles. The molecule has 1 fully saturated rings. The summed E-state index contributed by atoms with van der Waals surface area (Å²) in [6.07, 6.45) is 1.36. The van der Waals surface area contributed by atoms with Crippen molar-refractivity contribution in [3.63, 3.8) is 0 Å². The van der Waals surface area contributed by atoms with Crippen molar-refractivity contribution in [2.24, 2.45) is 0 Å². The molecule has 0 bridgehead atoms. The van der Waals surface area contributed by atoms with Gasteiger partial charge in [0.15, 0.2) is 0 Å². The van der Waals surface area contributed by atoms with Crippen molar-refractivity contribution in [3.05, 3.63) is 20.8 Å². The van der Waals surface area contributed by atoms with Gasteiger partial charge >= 0.3 is 0 Å². The molecule has 2 N–H and O–H groups in total. The molecule has 1 atom stereocenters. The van der Waals surface area contributed by atoms with Gasteiger partial charge < -0.3 is 10.6 Å². The monoisotopic (exact) mass is 302 g/mol. The van der Waals surface area contributed by atoms with Gasteiger partial charge in [-0.3, -0.25) is 9.59 Å². The molecule has 0 aliphatic carbocycles. The molecule has 86 valence electrons. The van der Waals surface area contributed by atoms with E-state index in [1.807, 2.05) is 6.07 Å². The van der Waals surface area contributed by atoms with Crippen LogP contribution in [-0.2, 0) is 4.79 Å². The van der Waals surface area contributed by atoms with Gasteiger partial charge in [0.05, 0.1) is 8.66 Å². The first-order valence-electron chi connectivity index (χ1n) is 4.98. The van der Waals surface area contributed by atoms with Crippen LogP contribution < -0.4 is 10.6 Å². The van der Waals surface area contributed by atoms with Crippen LogP contribution in [0.1, 0.15) is 22.5 Å². The summed E-state index contributed by atoms with van der Waals surface area (Å²) in [4.78, 5) is 23.3. The Morgan fingerprint density at radius 3 is 3.00 bits per heavy atom. The molecule has 1 aliphatic rings. The SMILES string of the molecule is O=C1CCC(CNC(=O)c2ccc(Br)s2)N1. The van der Waals surface area contributed by atoms with Crippen LogP contribution >= 0.6 is 27.3 Å². The largest absolute Gasteiger partial charge is 0.352 e. The lowest BCUT2D eigenvalue weighted by Gasteiger charge is -2.10. The summed E-state index contributed by atoms with van der Waals surface area (Å²) in [7, 11) is 0. The van der Waals surface area contributed by atoms with Crippen molar-refractivity contribution < 1.29 is 9.59 Å². The molecule has 2 heterocycles. The van der Waals surface area contributed by atoms with Crippen LogP contribution in [0.3, 0.4) is 0 Å². The quantitative estimate of drug-likeness (QED) is 0.889.